The van der Waals surface area contributed by atoms with Crippen LogP contribution in [0.5, 0.6) is 0 Å². The zero-order chi connectivity index (χ0) is 14.5. The number of hydrogen-bond donors (Lipinski definition) is 2. The maximum Gasteiger partial charge on any atom is 0.272 e. The van der Waals surface area contributed by atoms with E-state index in [1.54, 1.807) is 19.1 Å². The van der Waals surface area contributed by atoms with Crippen LogP contribution in [0.3, 0.4) is 0 Å². The molecule has 0 saturated heterocycles. The SMILES string of the molecule is Cc1ccc(CNc2ccccc2CO)cc1[N+](=O)[O-]. The van der Waals surface area contributed by atoms with E-state index in [-0.39, 0.29) is 17.2 Å². The maximum absolute atomic E-state index is 10.9. The summed E-state index contributed by atoms with van der Waals surface area (Å²) in [6.07, 6.45) is 0. The minimum Gasteiger partial charge on any atom is -0.392 e. The van der Waals surface area contributed by atoms with Crippen molar-refractivity contribution in [2.24, 2.45) is 0 Å². The molecule has 5 heteroatoms. The van der Waals surface area contributed by atoms with E-state index in [4.69, 9.17) is 0 Å². The van der Waals surface area contributed by atoms with Gasteiger partial charge in [-0.15, -0.1) is 0 Å². The molecule has 0 spiro atoms. The molecule has 0 fully saturated rings. The third-order valence-electron chi connectivity index (χ3n) is 3.14. The number of aryl methyl sites for hydroxylation is 1. The van der Waals surface area contributed by atoms with Gasteiger partial charge in [-0.2, -0.15) is 0 Å². The van der Waals surface area contributed by atoms with Gasteiger partial charge in [-0.05, 0) is 18.6 Å². The smallest absolute Gasteiger partial charge is 0.272 e. The second kappa shape index (κ2) is 6.16. The van der Waals surface area contributed by atoms with Gasteiger partial charge in [0.05, 0.1) is 11.5 Å². The Bertz CT molecular complexity index is 626. The molecule has 0 aliphatic carbocycles. The van der Waals surface area contributed by atoms with Crippen LogP contribution < -0.4 is 5.32 Å². The molecule has 2 aromatic carbocycles. The van der Waals surface area contributed by atoms with Crippen molar-refractivity contribution in [2.45, 2.75) is 20.1 Å². The number of para-hydroxylation sites is 1. The minimum atomic E-state index is -0.375. The van der Waals surface area contributed by atoms with E-state index < -0.39 is 0 Å². The Labute approximate surface area is 117 Å². The fourth-order valence-corrected chi connectivity index (χ4v) is 1.99. The van der Waals surface area contributed by atoms with E-state index in [0.29, 0.717) is 12.1 Å². The molecule has 20 heavy (non-hydrogen) atoms. The summed E-state index contributed by atoms with van der Waals surface area (Å²) in [7, 11) is 0. The van der Waals surface area contributed by atoms with Crippen LogP contribution in [-0.4, -0.2) is 10.0 Å². The van der Waals surface area contributed by atoms with Crippen LogP contribution in [0.25, 0.3) is 0 Å². The Balaban J connectivity index is 2.15. The summed E-state index contributed by atoms with van der Waals surface area (Å²) in [5, 5.41) is 23.3. The van der Waals surface area contributed by atoms with Gasteiger partial charge in [0.1, 0.15) is 0 Å². The lowest BCUT2D eigenvalue weighted by Gasteiger charge is -2.10. The van der Waals surface area contributed by atoms with E-state index in [2.05, 4.69) is 5.32 Å². The summed E-state index contributed by atoms with van der Waals surface area (Å²) in [5.41, 5.74) is 3.23. The van der Waals surface area contributed by atoms with Gasteiger partial charge < -0.3 is 10.4 Å². The monoisotopic (exact) mass is 272 g/mol. The lowest BCUT2D eigenvalue weighted by atomic mass is 10.1. The molecule has 0 atom stereocenters. The molecular weight excluding hydrogens is 256 g/mol. The number of nitrogens with zero attached hydrogens (tertiary/aromatic N) is 1. The van der Waals surface area contributed by atoms with Crippen molar-refractivity contribution in [3.8, 4) is 0 Å². The molecule has 0 aliphatic rings. The average molecular weight is 272 g/mol. The molecule has 5 nitrogen and oxygen atoms in total. The van der Waals surface area contributed by atoms with E-state index in [1.165, 1.54) is 0 Å². The van der Waals surface area contributed by atoms with E-state index >= 15 is 0 Å². The second-order valence-electron chi connectivity index (χ2n) is 4.55. The largest absolute Gasteiger partial charge is 0.392 e. The van der Waals surface area contributed by atoms with Crippen molar-refractivity contribution in [3.05, 3.63) is 69.3 Å². The number of rotatable bonds is 5. The summed E-state index contributed by atoms with van der Waals surface area (Å²) >= 11 is 0. The van der Waals surface area contributed by atoms with Gasteiger partial charge in [-0.3, -0.25) is 10.1 Å². The lowest BCUT2D eigenvalue weighted by molar-refractivity contribution is -0.385. The Morgan fingerprint density at radius 3 is 2.70 bits per heavy atom. The lowest BCUT2D eigenvalue weighted by Crippen LogP contribution is -2.03. The topological polar surface area (TPSA) is 75.4 Å². The van der Waals surface area contributed by atoms with Gasteiger partial charge in [0.25, 0.3) is 5.69 Å². The number of hydrogen-bond acceptors (Lipinski definition) is 4. The van der Waals surface area contributed by atoms with Crippen LogP contribution in [0.1, 0.15) is 16.7 Å². The third kappa shape index (κ3) is 3.13. The predicted molar refractivity (Wildman–Crippen MR) is 77.5 cm³/mol. The molecular formula is C15H16N2O3. The highest BCUT2D eigenvalue weighted by molar-refractivity contribution is 5.52. The first-order chi connectivity index (χ1) is 9.61. The van der Waals surface area contributed by atoms with Crippen molar-refractivity contribution in [2.75, 3.05) is 5.32 Å². The van der Waals surface area contributed by atoms with Crippen LogP contribution in [0.15, 0.2) is 42.5 Å². The number of aliphatic hydroxyl groups excluding tert-OH is 1. The first kappa shape index (κ1) is 14.0. The molecule has 0 saturated carbocycles. The number of nitro groups is 1. The maximum atomic E-state index is 10.9. The summed E-state index contributed by atoms with van der Waals surface area (Å²) in [6, 6.07) is 12.6. The predicted octanol–water partition coefficient (Wildman–Crippen LogP) is 3.01. The van der Waals surface area contributed by atoms with E-state index in [9.17, 15) is 15.2 Å². The summed E-state index contributed by atoms with van der Waals surface area (Å²) in [5.74, 6) is 0. The molecule has 2 N–H and O–H groups in total. The highest BCUT2D eigenvalue weighted by Gasteiger charge is 2.10. The first-order valence-electron chi connectivity index (χ1n) is 6.28. The van der Waals surface area contributed by atoms with Crippen LogP contribution in [0.4, 0.5) is 11.4 Å². The molecule has 0 aromatic heterocycles. The normalized spacial score (nSPS) is 10.3. The van der Waals surface area contributed by atoms with Crippen LogP contribution in [-0.2, 0) is 13.2 Å². The second-order valence-corrected chi connectivity index (χ2v) is 4.55. The van der Waals surface area contributed by atoms with Crippen molar-refractivity contribution >= 4 is 11.4 Å². The van der Waals surface area contributed by atoms with Gasteiger partial charge in [-0.25, -0.2) is 0 Å². The fourth-order valence-electron chi connectivity index (χ4n) is 1.99. The quantitative estimate of drug-likeness (QED) is 0.648. The summed E-state index contributed by atoms with van der Waals surface area (Å²) in [6.45, 7) is 2.14. The Morgan fingerprint density at radius 1 is 1.25 bits per heavy atom. The number of aliphatic hydroxyl groups is 1. The molecule has 0 amide bonds. The van der Waals surface area contributed by atoms with Gasteiger partial charge >= 0.3 is 0 Å². The highest BCUT2D eigenvalue weighted by atomic mass is 16.6. The summed E-state index contributed by atoms with van der Waals surface area (Å²) < 4.78 is 0. The Morgan fingerprint density at radius 2 is 2.00 bits per heavy atom. The van der Waals surface area contributed by atoms with Crippen molar-refractivity contribution in [1.29, 1.82) is 0 Å². The number of anilines is 1. The van der Waals surface area contributed by atoms with Crippen molar-refractivity contribution < 1.29 is 10.0 Å². The highest BCUT2D eigenvalue weighted by Crippen LogP contribution is 2.21. The van der Waals surface area contributed by atoms with E-state index in [0.717, 1.165) is 16.8 Å². The number of nitro benzene ring substituents is 1. The molecule has 0 bridgehead atoms. The number of nitrogens with one attached hydrogen (secondary N) is 1. The Kier molecular flexibility index (Phi) is 4.32. The molecule has 104 valence electrons. The first-order valence-corrected chi connectivity index (χ1v) is 6.28. The van der Waals surface area contributed by atoms with E-state index in [1.807, 2.05) is 30.3 Å². The standard InChI is InChI=1S/C15H16N2O3/c1-11-6-7-12(8-15(11)17(19)20)9-16-14-5-3-2-4-13(14)10-18/h2-8,16,18H,9-10H2,1H3. The van der Waals surface area contributed by atoms with Gasteiger partial charge in [0, 0.05) is 29.4 Å². The molecule has 0 radical (unpaired) electrons. The van der Waals surface area contributed by atoms with Crippen LogP contribution >= 0.6 is 0 Å². The zero-order valence-corrected chi connectivity index (χ0v) is 11.2. The van der Waals surface area contributed by atoms with Crippen LogP contribution in [0, 0.1) is 17.0 Å². The fraction of sp³-hybridized carbons (Fsp3) is 0.200. The molecule has 2 rings (SSSR count). The van der Waals surface area contributed by atoms with Gasteiger partial charge in [0.2, 0.25) is 0 Å². The summed E-state index contributed by atoms with van der Waals surface area (Å²) in [4.78, 5) is 10.5. The minimum absolute atomic E-state index is 0.0444. The van der Waals surface area contributed by atoms with Crippen molar-refractivity contribution in [3.63, 3.8) is 0 Å². The average Bonchev–Trinajstić information content (AvgIpc) is 2.46. The van der Waals surface area contributed by atoms with Crippen molar-refractivity contribution in [1.82, 2.24) is 0 Å². The number of benzene rings is 2. The molecule has 0 aliphatic heterocycles. The zero-order valence-electron chi connectivity index (χ0n) is 11.2. The molecule has 2 aromatic rings. The van der Waals surface area contributed by atoms with Gasteiger partial charge in [-0.1, -0.05) is 30.3 Å². The van der Waals surface area contributed by atoms with Crippen LogP contribution in [0.2, 0.25) is 0 Å². The van der Waals surface area contributed by atoms with Gasteiger partial charge in [0.15, 0.2) is 0 Å². The third-order valence-corrected chi connectivity index (χ3v) is 3.14. The Hall–Kier alpha value is -2.40. The molecule has 0 unspecified atom stereocenters. The molecule has 0 heterocycles.